The Bertz CT molecular complexity index is 584. The quantitative estimate of drug-likeness (QED) is 0.750. The Kier molecular flexibility index (Phi) is 5.77. The van der Waals surface area contributed by atoms with Crippen LogP contribution in [0.2, 0.25) is 10.0 Å². The number of hydrogen-bond donors (Lipinski definition) is 1. The minimum atomic E-state index is 0.0828. The second-order valence-corrected chi connectivity index (χ2v) is 5.81. The number of hydrogen-bond acceptors (Lipinski definition) is 2. The summed E-state index contributed by atoms with van der Waals surface area (Å²) in [4.78, 5) is 0. The lowest BCUT2D eigenvalue weighted by Gasteiger charge is -2.19. The van der Waals surface area contributed by atoms with Crippen LogP contribution < -0.4 is 10.1 Å². The third-order valence-corrected chi connectivity index (χ3v) is 3.78. The van der Waals surface area contributed by atoms with Gasteiger partial charge < -0.3 is 10.1 Å². The standard InChI is InChI=1S/C17H19Cl2NO/c1-3-14(21-15-7-4-12(2)5-8-15)11-20-17-9-6-13(18)10-16(17)19/h4-10,14,20H,3,11H2,1-2H3. The van der Waals surface area contributed by atoms with E-state index in [-0.39, 0.29) is 6.10 Å². The molecule has 1 unspecified atom stereocenters. The predicted molar refractivity (Wildman–Crippen MR) is 90.8 cm³/mol. The average Bonchev–Trinajstić information content (AvgIpc) is 2.47. The van der Waals surface area contributed by atoms with Gasteiger partial charge in [-0.2, -0.15) is 0 Å². The fourth-order valence-electron chi connectivity index (χ4n) is 1.94. The van der Waals surface area contributed by atoms with Crippen molar-refractivity contribution >= 4 is 28.9 Å². The number of aryl methyl sites for hydroxylation is 1. The van der Waals surface area contributed by atoms with Crippen molar-refractivity contribution in [1.82, 2.24) is 0 Å². The lowest BCUT2D eigenvalue weighted by atomic mass is 10.2. The monoisotopic (exact) mass is 323 g/mol. The van der Waals surface area contributed by atoms with Crippen LogP contribution in [-0.2, 0) is 0 Å². The van der Waals surface area contributed by atoms with Gasteiger partial charge in [0.1, 0.15) is 11.9 Å². The molecule has 0 amide bonds. The average molecular weight is 324 g/mol. The molecule has 1 N–H and O–H groups in total. The number of ether oxygens (including phenoxy) is 1. The number of halogens is 2. The molecule has 0 aliphatic rings. The van der Waals surface area contributed by atoms with Crippen molar-refractivity contribution in [3.63, 3.8) is 0 Å². The van der Waals surface area contributed by atoms with E-state index < -0.39 is 0 Å². The largest absolute Gasteiger partial charge is 0.489 e. The summed E-state index contributed by atoms with van der Waals surface area (Å²) < 4.78 is 5.97. The first-order chi connectivity index (χ1) is 10.1. The molecule has 0 radical (unpaired) electrons. The molecular weight excluding hydrogens is 305 g/mol. The van der Waals surface area contributed by atoms with Crippen LogP contribution in [0.3, 0.4) is 0 Å². The lowest BCUT2D eigenvalue weighted by Crippen LogP contribution is -2.25. The Hall–Kier alpha value is -1.38. The molecule has 0 bridgehead atoms. The van der Waals surface area contributed by atoms with Crippen LogP contribution >= 0.6 is 23.2 Å². The molecule has 2 aromatic carbocycles. The van der Waals surface area contributed by atoms with Gasteiger partial charge in [-0.15, -0.1) is 0 Å². The van der Waals surface area contributed by atoms with Gasteiger partial charge in [0.05, 0.1) is 17.3 Å². The van der Waals surface area contributed by atoms with Gasteiger partial charge in [0.2, 0.25) is 0 Å². The molecule has 0 saturated heterocycles. The van der Waals surface area contributed by atoms with Gasteiger partial charge in [-0.05, 0) is 43.7 Å². The topological polar surface area (TPSA) is 21.3 Å². The maximum Gasteiger partial charge on any atom is 0.119 e. The fraction of sp³-hybridized carbons (Fsp3) is 0.294. The van der Waals surface area contributed by atoms with E-state index in [9.17, 15) is 0 Å². The fourth-order valence-corrected chi connectivity index (χ4v) is 2.41. The third kappa shape index (κ3) is 4.83. The van der Waals surface area contributed by atoms with Crippen LogP contribution in [0.5, 0.6) is 5.75 Å². The number of nitrogens with one attached hydrogen (secondary N) is 1. The minimum absolute atomic E-state index is 0.0828. The molecule has 21 heavy (non-hydrogen) atoms. The van der Waals surface area contributed by atoms with Gasteiger partial charge in [0, 0.05) is 5.02 Å². The Morgan fingerprint density at radius 3 is 2.43 bits per heavy atom. The van der Waals surface area contributed by atoms with E-state index >= 15 is 0 Å². The molecule has 0 aliphatic heterocycles. The Labute approximate surface area is 136 Å². The smallest absolute Gasteiger partial charge is 0.119 e. The normalized spacial score (nSPS) is 12.0. The summed E-state index contributed by atoms with van der Waals surface area (Å²) in [6, 6.07) is 13.5. The van der Waals surface area contributed by atoms with E-state index in [1.54, 1.807) is 6.07 Å². The van der Waals surface area contributed by atoms with Gasteiger partial charge in [-0.1, -0.05) is 47.8 Å². The molecule has 2 nitrogen and oxygen atoms in total. The molecule has 0 aliphatic carbocycles. The van der Waals surface area contributed by atoms with Crippen molar-refractivity contribution < 1.29 is 4.74 Å². The first kappa shape index (κ1) is 16.0. The van der Waals surface area contributed by atoms with Crippen LogP contribution in [-0.4, -0.2) is 12.6 Å². The van der Waals surface area contributed by atoms with E-state index in [0.717, 1.165) is 17.9 Å². The van der Waals surface area contributed by atoms with Crippen LogP contribution in [0.15, 0.2) is 42.5 Å². The molecule has 4 heteroatoms. The van der Waals surface area contributed by atoms with Crippen molar-refractivity contribution in [2.75, 3.05) is 11.9 Å². The number of benzene rings is 2. The highest BCUT2D eigenvalue weighted by Gasteiger charge is 2.09. The summed E-state index contributed by atoms with van der Waals surface area (Å²) >= 11 is 12.0. The molecular formula is C17H19Cl2NO. The summed E-state index contributed by atoms with van der Waals surface area (Å²) in [7, 11) is 0. The Morgan fingerprint density at radius 2 is 1.81 bits per heavy atom. The summed E-state index contributed by atoms with van der Waals surface area (Å²) in [5.41, 5.74) is 2.09. The second kappa shape index (κ2) is 7.58. The van der Waals surface area contributed by atoms with Gasteiger partial charge >= 0.3 is 0 Å². The highest BCUT2D eigenvalue weighted by Crippen LogP contribution is 2.25. The molecule has 0 fully saturated rings. The molecule has 112 valence electrons. The highest BCUT2D eigenvalue weighted by molar-refractivity contribution is 6.36. The van der Waals surface area contributed by atoms with Crippen molar-refractivity contribution in [3.05, 3.63) is 58.1 Å². The Morgan fingerprint density at radius 1 is 1.10 bits per heavy atom. The maximum absolute atomic E-state index is 6.15. The van der Waals surface area contributed by atoms with E-state index in [2.05, 4.69) is 19.2 Å². The van der Waals surface area contributed by atoms with Gasteiger partial charge in [-0.3, -0.25) is 0 Å². The van der Waals surface area contributed by atoms with Crippen molar-refractivity contribution in [3.8, 4) is 5.75 Å². The van der Waals surface area contributed by atoms with Crippen molar-refractivity contribution in [2.45, 2.75) is 26.4 Å². The van der Waals surface area contributed by atoms with Crippen LogP contribution in [0.1, 0.15) is 18.9 Å². The molecule has 2 rings (SSSR count). The molecule has 1 atom stereocenters. The van der Waals surface area contributed by atoms with Crippen molar-refractivity contribution in [2.24, 2.45) is 0 Å². The first-order valence-electron chi connectivity index (χ1n) is 7.00. The van der Waals surface area contributed by atoms with Gasteiger partial charge in [-0.25, -0.2) is 0 Å². The van der Waals surface area contributed by atoms with Gasteiger partial charge in [0.25, 0.3) is 0 Å². The van der Waals surface area contributed by atoms with Crippen LogP contribution in [0.4, 0.5) is 5.69 Å². The summed E-state index contributed by atoms with van der Waals surface area (Å²) in [6.45, 7) is 4.85. The van der Waals surface area contributed by atoms with Gasteiger partial charge in [0.15, 0.2) is 0 Å². The highest BCUT2D eigenvalue weighted by atomic mass is 35.5. The number of rotatable bonds is 6. The minimum Gasteiger partial charge on any atom is -0.489 e. The van der Waals surface area contributed by atoms with E-state index in [0.29, 0.717) is 16.6 Å². The first-order valence-corrected chi connectivity index (χ1v) is 7.76. The second-order valence-electron chi connectivity index (χ2n) is 4.97. The van der Waals surface area contributed by atoms with Crippen LogP contribution in [0.25, 0.3) is 0 Å². The Balaban J connectivity index is 1.94. The van der Waals surface area contributed by atoms with Crippen LogP contribution in [0, 0.1) is 6.92 Å². The third-order valence-electron chi connectivity index (χ3n) is 3.23. The molecule has 0 heterocycles. The molecule has 0 spiro atoms. The molecule has 0 saturated carbocycles. The molecule has 0 aromatic heterocycles. The van der Waals surface area contributed by atoms with E-state index in [1.165, 1.54) is 5.56 Å². The lowest BCUT2D eigenvalue weighted by molar-refractivity contribution is 0.210. The predicted octanol–water partition coefficient (Wildman–Crippen LogP) is 5.57. The SMILES string of the molecule is CCC(CNc1ccc(Cl)cc1Cl)Oc1ccc(C)cc1. The van der Waals surface area contributed by atoms with E-state index in [1.807, 2.05) is 36.4 Å². The summed E-state index contributed by atoms with van der Waals surface area (Å²) in [5.74, 6) is 0.886. The zero-order valence-corrected chi connectivity index (χ0v) is 13.7. The number of anilines is 1. The van der Waals surface area contributed by atoms with Crippen molar-refractivity contribution in [1.29, 1.82) is 0 Å². The zero-order valence-electron chi connectivity index (χ0n) is 12.2. The van der Waals surface area contributed by atoms with E-state index in [4.69, 9.17) is 27.9 Å². The molecule has 2 aromatic rings. The summed E-state index contributed by atoms with van der Waals surface area (Å²) in [5, 5.41) is 4.56. The summed E-state index contributed by atoms with van der Waals surface area (Å²) in [6.07, 6.45) is 0.992. The maximum atomic E-state index is 6.15. The zero-order chi connectivity index (χ0) is 15.2.